The molecule has 0 atom stereocenters. The van der Waals surface area contributed by atoms with Gasteiger partial charge >= 0.3 is 0 Å². The number of ether oxygens (including phenoxy) is 1. The van der Waals surface area contributed by atoms with Gasteiger partial charge in [-0.1, -0.05) is 26.0 Å². The number of aliphatic imine (C=N–C) groups is 1. The number of hydrogen-bond donors (Lipinski definition) is 2. The normalized spacial score (nSPS) is 11.1. The molecule has 0 amide bonds. The van der Waals surface area contributed by atoms with E-state index in [4.69, 9.17) is 4.74 Å². The van der Waals surface area contributed by atoms with E-state index in [-0.39, 0.29) is 29.7 Å². The highest BCUT2D eigenvalue weighted by Gasteiger charge is 2.04. The summed E-state index contributed by atoms with van der Waals surface area (Å²) in [5.41, 5.74) is 1.04. The molecule has 0 aliphatic heterocycles. The number of nitro groups is 1. The molecule has 1 rings (SSSR count). The predicted octanol–water partition coefficient (Wildman–Crippen LogP) is 2.94. The number of hydrogen-bond acceptors (Lipinski definition) is 4. The highest BCUT2D eigenvalue weighted by molar-refractivity contribution is 14.0. The Morgan fingerprint density at radius 3 is 2.46 bits per heavy atom. The molecule has 0 aliphatic rings. The summed E-state index contributed by atoms with van der Waals surface area (Å²) in [5, 5.41) is 16.9. The second kappa shape index (κ2) is 12.9. The number of nitrogens with one attached hydrogen (secondary N) is 2. The molecule has 0 saturated heterocycles. The Kier molecular flexibility index (Phi) is 12.2. The van der Waals surface area contributed by atoms with E-state index in [0.29, 0.717) is 31.6 Å². The van der Waals surface area contributed by atoms with Crippen molar-refractivity contribution in [2.45, 2.75) is 26.8 Å². The van der Waals surface area contributed by atoms with Crippen LogP contribution in [0.4, 0.5) is 5.69 Å². The van der Waals surface area contributed by atoms with Crippen molar-refractivity contribution >= 4 is 35.6 Å². The largest absolute Gasteiger partial charge is 0.380 e. The average molecular weight is 450 g/mol. The highest BCUT2D eigenvalue weighted by atomic mass is 127. The minimum Gasteiger partial charge on any atom is -0.380 e. The number of guanidine groups is 1. The molecular formula is C16H27IN4O3. The van der Waals surface area contributed by atoms with E-state index < -0.39 is 4.92 Å². The first-order valence-electron chi connectivity index (χ1n) is 7.78. The van der Waals surface area contributed by atoms with Gasteiger partial charge in [0.2, 0.25) is 0 Å². The summed E-state index contributed by atoms with van der Waals surface area (Å²) in [6.45, 7) is 6.97. The lowest BCUT2D eigenvalue weighted by Gasteiger charge is -2.12. The second-order valence-corrected chi connectivity index (χ2v) is 5.57. The summed E-state index contributed by atoms with van der Waals surface area (Å²) in [6, 6.07) is 6.45. The molecule has 0 unspecified atom stereocenters. The molecule has 0 spiro atoms. The van der Waals surface area contributed by atoms with Crippen LogP contribution in [0.15, 0.2) is 29.3 Å². The molecule has 0 bridgehead atoms. The molecule has 7 nitrogen and oxygen atoms in total. The summed E-state index contributed by atoms with van der Waals surface area (Å²) in [4.78, 5) is 14.3. The van der Waals surface area contributed by atoms with Gasteiger partial charge in [-0.05, 0) is 17.9 Å². The van der Waals surface area contributed by atoms with Crippen LogP contribution >= 0.6 is 24.0 Å². The molecule has 0 heterocycles. The number of halogens is 1. The molecule has 8 heteroatoms. The first-order valence-corrected chi connectivity index (χ1v) is 7.78. The van der Waals surface area contributed by atoms with E-state index in [0.717, 1.165) is 18.6 Å². The minimum absolute atomic E-state index is 0. The van der Waals surface area contributed by atoms with Crippen molar-refractivity contribution in [3.05, 3.63) is 39.9 Å². The van der Waals surface area contributed by atoms with Gasteiger partial charge in [0.1, 0.15) is 0 Å². The highest BCUT2D eigenvalue weighted by Crippen LogP contribution is 2.11. The smallest absolute Gasteiger partial charge is 0.269 e. The Morgan fingerprint density at radius 1 is 1.25 bits per heavy atom. The van der Waals surface area contributed by atoms with Gasteiger partial charge in [0.25, 0.3) is 5.69 Å². The lowest BCUT2D eigenvalue weighted by atomic mass is 10.1. The number of rotatable bonds is 9. The molecule has 0 radical (unpaired) electrons. The molecule has 0 aliphatic carbocycles. The molecule has 136 valence electrons. The fourth-order valence-corrected chi connectivity index (χ4v) is 1.80. The summed E-state index contributed by atoms with van der Waals surface area (Å²) in [6.07, 6.45) is 1.06. The van der Waals surface area contributed by atoms with E-state index in [2.05, 4.69) is 29.5 Å². The fraction of sp³-hybridized carbons (Fsp3) is 0.562. The van der Waals surface area contributed by atoms with Gasteiger partial charge in [-0.25, -0.2) is 0 Å². The van der Waals surface area contributed by atoms with Crippen molar-refractivity contribution in [2.24, 2.45) is 10.9 Å². The van der Waals surface area contributed by atoms with Crippen LogP contribution in [0.25, 0.3) is 0 Å². The van der Waals surface area contributed by atoms with E-state index in [1.807, 2.05) is 0 Å². The van der Waals surface area contributed by atoms with Gasteiger partial charge in [0, 0.05) is 38.9 Å². The van der Waals surface area contributed by atoms with E-state index in [1.165, 1.54) is 12.1 Å². The van der Waals surface area contributed by atoms with E-state index in [9.17, 15) is 10.1 Å². The monoisotopic (exact) mass is 450 g/mol. The second-order valence-electron chi connectivity index (χ2n) is 5.57. The van der Waals surface area contributed by atoms with Crippen molar-refractivity contribution in [2.75, 3.05) is 26.8 Å². The number of nitro benzene ring substituents is 1. The van der Waals surface area contributed by atoms with Crippen molar-refractivity contribution in [3.8, 4) is 0 Å². The van der Waals surface area contributed by atoms with Crippen LogP contribution in [0.5, 0.6) is 0 Å². The first kappa shape index (κ1) is 22.6. The maximum atomic E-state index is 10.6. The van der Waals surface area contributed by atoms with E-state index in [1.54, 1.807) is 19.2 Å². The van der Waals surface area contributed by atoms with Crippen molar-refractivity contribution < 1.29 is 9.66 Å². The summed E-state index contributed by atoms with van der Waals surface area (Å²) in [7, 11) is 1.70. The lowest BCUT2D eigenvalue weighted by molar-refractivity contribution is -0.384. The van der Waals surface area contributed by atoms with Crippen LogP contribution in [-0.2, 0) is 11.3 Å². The van der Waals surface area contributed by atoms with Gasteiger partial charge in [-0.15, -0.1) is 24.0 Å². The van der Waals surface area contributed by atoms with Crippen LogP contribution in [-0.4, -0.2) is 37.7 Å². The maximum Gasteiger partial charge on any atom is 0.269 e. The zero-order chi connectivity index (χ0) is 17.1. The van der Waals surface area contributed by atoms with Gasteiger partial charge in [-0.3, -0.25) is 15.1 Å². The van der Waals surface area contributed by atoms with Gasteiger partial charge in [-0.2, -0.15) is 0 Å². The summed E-state index contributed by atoms with van der Waals surface area (Å²) in [5.74, 6) is 1.33. The third-order valence-corrected chi connectivity index (χ3v) is 3.21. The molecule has 0 fully saturated rings. The molecule has 0 saturated carbocycles. The number of benzene rings is 1. The van der Waals surface area contributed by atoms with Crippen molar-refractivity contribution in [1.82, 2.24) is 10.6 Å². The molecule has 1 aromatic carbocycles. The third kappa shape index (κ3) is 9.66. The fourth-order valence-electron chi connectivity index (χ4n) is 1.80. The zero-order valence-electron chi connectivity index (χ0n) is 14.4. The topological polar surface area (TPSA) is 88.8 Å². The molecule has 1 aromatic rings. The van der Waals surface area contributed by atoms with Crippen molar-refractivity contribution in [3.63, 3.8) is 0 Å². The molecule has 24 heavy (non-hydrogen) atoms. The Hall–Kier alpha value is -1.42. The molecule has 0 aromatic heterocycles. The summed E-state index contributed by atoms with van der Waals surface area (Å²) >= 11 is 0. The average Bonchev–Trinajstić information content (AvgIpc) is 2.53. The van der Waals surface area contributed by atoms with Crippen LogP contribution in [0, 0.1) is 16.0 Å². The SMILES string of the molecule is CN=C(NCCOCCC(C)C)NCc1ccc([N+](=O)[O-])cc1.I. The number of nitrogens with zero attached hydrogens (tertiary/aromatic N) is 2. The van der Waals surface area contributed by atoms with Gasteiger partial charge in [0.05, 0.1) is 11.5 Å². The standard InChI is InChI=1S/C16H26N4O3.HI/c1-13(2)8-10-23-11-9-18-16(17-3)19-12-14-4-6-15(7-5-14)20(21)22;/h4-7,13H,8-12H2,1-3H3,(H2,17,18,19);1H. The van der Waals surface area contributed by atoms with Crippen molar-refractivity contribution in [1.29, 1.82) is 0 Å². The zero-order valence-corrected chi connectivity index (χ0v) is 16.8. The quantitative estimate of drug-likeness (QED) is 0.151. The van der Waals surface area contributed by atoms with Gasteiger partial charge < -0.3 is 15.4 Å². The minimum atomic E-state index is -0.406. The van der Waals surface area contributed by atoms with Crippen LogP contribution < -0.4 is 10.6 Å². The van der Waals surface area contributed by atoms with Crippen LogP contribution in [0.2, 0.25) is 0 Å². The molecule has 2 N–H and O–H groups in total. The third-order valence-electron chi connectivity index (χ3n) is 3.21. The summed E-state index contributed by atoms with van der Waals surface area (Å²) < 4.78 is 5.53. The number of non-ortho nitro benzene ring substituents is 1. The Labute approximate surface area is 160 Å². The Bertz CT molecular complexity index is 507. The van der Waals surface area contributed by atoms with Gasteiger partial charge in [0.15, 0.2) is 5.96 Å². The van der Waals surface area contributed by atoms with E-state index >= 15 is 0 Å². The maximum absolute atomic E-state index is 10.6. The Balaban J connectivity index is 0.00000529. The Morgan fingerprint density at radius 2 is 1.92 bits per heavy atom. The van der Waals surface area contributed by atoms with Crippen LogP contribution in [0.3, 0.4) is 0 Å². The predicted molar refractivity (Wildman–Crippen MR) is 107 cm³/mol. The van der Waals surface area contributed by atoms with Crippen LogP contribution in [0.1, 0.15) is 25.8 Å². The molecular weight excluding hydrogens is 423 g/mol. The first-order chi connectivity index (χ1) is 11.0. The lowest BCUT2D eigenvalue weighted by Crippen LogP contribution is -2.38.